The number of hydrogen-bond acceptors (Lipinski definition) is 3. The SMILES string of the molecule is N=C(N=C(N=Cc1ccccc1)c1ccccc1)C1=CC(c2ccccc2)=C(n2c3ccccc3c3c4oc5c(ccc6c7ccccc7oc65)c4ccc32)C(c2ccccc2)C1. The molecule has 11 aromatic rings. The van der Waals surface area contributed by atoms with E-state index in [-0.39, 0.29) is 11.8 Å². The second-order valence-electron chi connectivity index (χ2n) is 16.0. The van der Waals surface area contributed by atoms with E-state index in [4.69, 9.17) is 18.8 Å². The molecule has 1 aliphatic rings. The summed E-state index contributed by atoms with van der Waals surface area (Å²) < 4.78 is 15.9. The number of nitrogens with one attached hydrogen (secondary N) is 1. The molecule has 6 heteroatoms. The van der Waals surface area contributed by atoms with Crippen LogP contribution in [-0.4, -0.2) is 22.5 Å². The molecule has 0 spiro atoms. The van der Waals surface area contributed by atoms with E-state index in [2.05, 4.69) is 120 Å². The number of nitrogens with zero attached hydrogens (tertiary/aromatic N) is 3. The van der Waals surface area contributed by atoms with Crippen LogP contribution in [0.1, 0.15) is 34.6 Å². The first-order chi connectivity index (χ1) is 31.2. The van der Waals surface area contributed by atoms with Crippen LogP contribution in [0.2, 0.25) is 0 Å². The second kappa shape index (κ2) is 15.0. The third-order valence-corrected chi connectivity index (χ3v) is 12.4. The van der Waals surface area contributed by atoms with E-state index in [1.165, 1.54) is 0 Å². The molecule has 1 N–H and O–H groups in total. The zero-order valence-electron chi connectivity index (χ0n) is 34.1. The van der Waals surface area contributed by atoms with Gasteiger partial charge < -0.3 is 13.4 Å². The van der Waals surface area contributed by atoms with E-state index in [1.807, 2.05) is 91.1 Å². The van der Waals surface area contributed by atoms with Crippen LogP contribution in [-0.2, 0) is 0 Å². The normalized spacial score (nSPS) is 14.9. The summed E-state index contributed by atoms with van der Waals surface area (Å²) in [5, 5.41) is 16.0. The molecule has 1 atom stereocenters. The zero-order chi connectivity index (χ0) is 41.9. The average molecular weight is 811 g/mol. The smallest absolute Gasteiger partial charge is 0.178 e. The van der Waals surface area contributed by atoms with Crippen LogP contribution in [0.15, 0.2) is 225 Å². The first-order valence-electron chi connectivity index (χ1n) is 21.2. The summed E-state index contributed by atoms with van der Waals surface area (Å²) in [4.78, 5) is 9.88. The summed E-state index contributed by atoms with van der Waals surface area (Å²) in [6.45, 7) is 0. The minimum absolute atomic E-state index is 0.148. The maximum atomic E-state index is 9.71. The van der Waals surface area contributed by atoms with Crippen molar-refractivity contribution >= 4 is 94.8 Å². The molecule has 63 heavy (non-hydrogen) atoms. The Hall–Kier alpha value is -8.35. The summed E-state index contributed by atoms with van der Waals surface area (Å²) in [5.74, 6) is 0.510. The number of benzene rings is 8. The van der Waals surface area contributed by atoms with E-state index >= 15 is 0 Å². The summed E-state index contributed by atoms with van der Waals surface area (Å²) in [6, 6.07) is 66.7. The molecule has 12 rings (SSSR count). The third kappa shape index (κ3) is 6.14. The van der Waals surface area contributed by atoms with Crippen molar-refractivity contribution in [2.75, 3.05) is 0 Å². The second-order valence-corrected chi connectivity index (χ2v) is 16.0. The molecule has 0 aliphatic heterocycles. The average Bonchev–Trinajstić information content (AvgIpc) is 4.03. The molecule has 6 nitrogen and oxygen atoms in total. The molecule has 0 saturated heterocycles. The van der Waals surface area contributed by atoms with E-state index in [0.29, 0.717) is 12.3 Å². The Balaban J connectivity index is 1.11. The van der Waals surface area contributed by atoms with Crippen molar-refractivity contribution in [3.63, 3.8) is 0 Å². The highest BCUT2D eigenvalue weighted by Crippen LogP contribution is 2.49. The lowest BCUT2D eigenvalue weighted by atomic mass is 9.80. The molecule has 0 fully saturated rings. The summed E-state index contributed by atoms with van der Waals surface area (Å²) >= 11 is 0. The van der Waals surface area contributed by atoms with Crippen molar-refractivity contribution in [3.8, 4) is 0 Å². The van der Waals surface area contributed by atoms with Gasteiger partial charge in [-0.1, -0.05) is 158 Å². The molecule has 0 radical (unpaired) electrons. The largest absolute Gasteiger partial charge is 0.452 e. The number of aromatic nitrogens is 1. The Morgan fingerprint density at radius 3 is 1.94 bits per heavy atom. The summed E-state index contributed by atoms with van der Waals surface area (Å²) in [6.07, 6.45) is 4.54. The Morgan fingerprint density at radius 2 is 1.16 bits per heavy atom. The highest BCUT2D eigenvalue weighted by molar-refractivity contribution is 6.27. The van der Waals surface area contributed by atoms with Crippen molar-refractivity contribution < 1.29 is 8.83 Å². The number of para-hydroxylation sites is 2. The number of furan rings is 2. The molecule has 0 saturated carbocycles. The molecule has 0 amide bonds. The van der Waals surface area contributed by atoms with E-state index < -0.39 is 0 Å². The number of fused-ring (bicyclic) bond motifs is 11. The maximum absolute atomic E-state index is 9.71. The topological polar surface area (TPSA) is 79.8 Å². The lowest BCUT2D eigenvalue weighted by molar-refractivity contribution is 0.635. The summed E-state index contributed by atoms with van der Waals surface area (Å²) in [5.41, 5.74) is 12.3. The van der Waals surface area contributed by atoms with Gasteiger partial charge in [-0.05, 0) is 71.2 Å². The van der Waals surface area contributed by atoms with Gasteiger partial charge in [-0.2, -0.15) is 0 Å². The lowest BCUT2D eigenvalue weighted by Crippen LogP contribution is -2.18. The van der Waals surface area contributed by atoms with Crippen LogP contribution >= 0.6 is 0 Å². The van der Waals surface area contributed by atoms with E-state index in [9.17, 15) is 5.41 Å². The van der Waals surface area contributed by atoms with Crippen molar-refractivity contribution in [3.05, 3.63) is 228 Å². The van der Waals surface area contributed by atoms with Crippen molar-refractivity contribution in [1.29, 1.82) is 5.41 Å². The highest BCUT2D eigenvalue weighted by Gasteiger charge is 2.32. The fraction of sp³-hybridized carbons (Fsp3) is 0.0351. The van der Waals surface area contributed by atoms with Gasteiger partial charge in [-0.25, -0.2) is 9.98 Å². The zero-order valence-corrected chi connectivity index (χ0v) is 34.1. The quantitative estimate of drug-likeness (QED) is 0.134. The van der Waals surface area contributed by atoms with Gasteiger partial charge >= 0.3 is 0 Å². The number of hydrogen-bond donors (Lipinski definition) is 1. The van der Waals surface area contributed by atoms with Crippen LogP contribution < -0.4 is 0 Å². The Morgan fingerprint density at radius 1 is 0.556 bits per heavy atom. The predicted octanol–water partition coefficient (Wildman–Crippen LogP) is 14.6. The number of allylic oxidation sites excluding steroid dienone is 3. The van der Waals surface area contributed by atoms with Gasteiger partial charge in [-0.3, -0.25) is 5.41 Å². The fourth-order valence-electron chi connectivity index (χ4n) is 9.46. The highest BCUT2D eigenvalue weighted by atomic mass is 16.4. The molecule has 8 aromatic carbocycles. The van der Waals surface area contributed by atoms with Crippen LogP contribution in [0.3, 0.4) is 0 Å². The molecule has 1 aliphatic carbocycles. The van der Waals surface area contributed by atoms with Gasteiger partial charge in [0.15, 0.2) is 17.0 Å². The van der Waals surface area contributed by atoms with E-state index in [0.717, 1.165) is 105 Å². The van der Waals surface area contributed by atoms with Crippen molar-refractivity contribution in [2.45, 2.75) is 12.3 Å². The van der Waals surface area contributed by atoms with E-state index in [1.54, 1.807) is 0 Å². The number of rotatable bonds is 6. The molecule has 3 heterocycles. The molecular weight excluding hydrogens is 773 g/mol. The van der Waals surface area contributed by atoms with Gasteiger partial charge in [0.2, 0.25) is 0 Å². The minimum Gasteiger partial charge on any atom is -0.452 e. The maximum Gasteiger partial charge on any atom is 0.178 e. The molecule has 298 valence electrons. The fourth-order valence-corrected chi connectivity index (χ4v) is 9.46. The Kier molecular flexibility index (Phi) is 8.68. The van der Waals surface area contributed by atoms with Gasteiger partial charge in [0.1, 0.15) is 17.0 Å². The van der Waals surface area contributed by atoms with Crippen LogP contribution in [0, 0.1) is 5.41 Å². The first kappa shape index (κ1) is 36.5. The van der Waals surface area contributed by atoms with Crippen LogP contribution in [0.4, 0.5) is 0 Å². The van der Waals surface area contributed by atoms with Crippen LogP contribution in [0.25, 0.3) is 77.0 Å². The molecule has 3 aromatic heterocycles. The summed E-state index contributed by atoms with van der Waals surface area (Å²) in [7, 11) is 0. The number of aliphatic imine (C=N–C) groups is 2. The van der Waals surface area contributed by atoms with Gasteiger partial charge in [0.05, 0.1) is 16.4 Å². The lowest BCUT2D eigenvalue weighted by Gasteiger charge is -2.31. The predicted molar refractivity (Wildman–Crippen MR) is 260 cm³/mol. The van der Waals surface area contributed by atoms with Crippen molar-refractivity contribution in [1.82, 2.24) is 4.57 Å². The number of amidine groups is 2. The van der Waals surface area contributed by atoms with Crippen LogP contribution in [0.5, 0.6) is 0 Å². The van der Waals surface area contributed by atoms with Gasteiger partial charge in [0.25, 0.3) is 0 Å². The Labute approximate surface area is 362 Å². The van der Waals surface area contributed by atoms with Gasteiger partial charge in [-0.15, -0.1) is 0 Å². The molecule has 1 unspecified atom stereocenters. The minimum atomic E-state index is -0.148. The first-order valence-corrected chi connectivity index (χ1v) is 21.2. The standard InChI is InChI=1S/C57H38N4O2/c58-56(60-57(39-23-11-4-12-24-39)59-35-36-17-5-1-6-18-36)40-33-46(37-19-7-2-8-20-37)52(47(34-40)38-21-9-3-10-22-38)61-48-27-15-13-26-45(48)51-49(61)32-31-43-44-30-29-42-41-25-14-16-28-50(41)62-54(42)55(44)63-53(43)51/h1-33,35,47,58H,34H2. The molecule has 0 bridgehead atoms. The molecular formula is C57H38N4O2. The monoisotopic (exact) mass is 810 g/mol. The van der Waals surface area contributed by atoms with Gasteiger partial charge in [0, 0.05) is 55.9 Å². The Bertz CT molecular complexity index is 3700. The van der Waals surface area contributed by atoms with Crippen molar-refractivity contribution in [2.24, 2.45) is 9.98 Å². The third-order valence-electron chi connectivity index (χ3n) is 12.4.